The third-order valence-corrected chi connectivity index (χ3v) is 7.64. The number of hydrogen-bond donors (Lipinski definition) is 0. The SMILES string of the molecule is C=CCc1cc(/C=C2/SC(=Nc3ccc(OC)cc3)N(CC)C2=O)cc(OCC)c1OCc1ccc(I)cc1. The molecular formula is C31H31IN2O4S. The molecule has 0 spiro atoms. The Morgan fingerprint density at radius 3 is 2.44 bits per heavy atom. The first-order chi connectivity index (χ1) is 18.9. The highest BCUT2D eigenvalue weighted by molar-refractivity contribution is 14.1. The number of thioether (sulfide) groups is 1. The number of halogens is 1. The van der Waals surface area contributed by atoms with Crippen LogP contribution in [0, 0.1) is 3.57 Å². The molecule has 8 heteroatoms. The Bertz CT molecular complexity index is 1380. The minimum absolute atomic E-state index is 0.0722. The van der Waals surface area contributed by atoms with Gasteiger partial charge in [0.05, 0.1) is 24.3 Å². The Morgan fingerprint density at radius 2 is 1.79 bits per heavy atom. The van der Waals surface area contributed by atoms with Crippen LogP contribution in [0.4, 0.5) is 5.69 Å². The van der Waals surface area contributed by atoms with Gasteiger partial charge in [0.1, 0.15) is 12.4 Å². The molecule has 1 saturated heterocycles. The van der Waals surface area contributed by atoms with Crippen molar-refractivity contribution in [2.24, 2.45) is 4.99 Å². The minimum atomic E-state index is -0.0722. The third-order valence-electron chi connectivity index (χ3n) is 5.91. The molecule has 3 aromatic rings. The largest absolute Gasteiger partial charge is 0.497 e. The van der Waals surface area contributed by atoms with Crippen molar-refractivity contribution < 1.29 is 19.0 Å². The van der Waals surface area contributed by atoms with Crippen molar-refractivity contribution >= 4 is 57.2 Å². The lowest BCUT2D eigenvalue weighted by molar-refractivity contribution is -0.122. The molecule has 0 bridgehead atoms. The molecule has 0 atom stereocenters. The lowest BCUT2D eigenvalue weighted by Gasteiger charge is -2.17. The molecule has 4 rings (SSSR count). The van der Waals surface area contributed by atoms with Crippen LogP contribution in [0.5, 0.6) is 17.2 Å². The number of amidine groups is 1. The number of carbonyl (C=O) groups excluding carboxylic acids is 1. The predicted octanol–water partition coefficient (Wildman–Crippen LogP) is 7.63. The number of methoxy groups -OCH3 is 1. The van der Waals surface area contributed by atoms with Gasteiger partial charge in [-0.25, -0.2) is 4.99 Å². The van der Waals surface area contributed by atoms with Crippen LogP contribution in [0.3, 0.4) is 0 Å². The molecule has 1 amide bonds. The Hall–Kier alpha value is -3.24. The molecule has 0 radical (unpaired) electrons. The summed E-state index contributed by atoms with van der Waals surface area (Å²) >= 11 is 3.65. The van der Waals surface area contributed by atoms with Crippen LogP contribution < -0.4 is 14.2 Å². The van der Waals surface area contributed by atoms with Crippen LogP contribution in [0.1, 0.15) is 30.5 Å². The van der Waals surface area contributed by atoms with Crippen LogP contribution in [-0.2, 0) is 17.8 Å². The van der Waals surface area contributed by atoms with E-state index in [-0.39, 0.29) is 5.91 Å². The van der Waals surface area contributed by atoms with E-state index in [0.29, 0.717) is 47.8 Å². The van der Waals surface area contributed by atoms with Gasteiger partial charge in [0.15, 0.2) is 16.7 Å². The Balaban J connectivity index is 1.65. The summed E-state index contributed by atoms with van der Waals surface area (Å²) in [5.41, 5.74) is 3.63. The predicted molar refractivity (Wildman–Crippen MR) is 168 cm³/mol. The summed E-state index contributed by atoms with van der Waals surface area (Å²) in [5.74, 6) is 2.02. The zero-order valence-electron chi connectivity index (χ0n) is 22.3. The van der Waals surface area contributed by atoms with Crippen molar-refractivity contribution in [2.45, 2.75) is 26.9 Å². The normalized spacial score (nSPS) is 15.2. The summed E-state index contributed by atoms with van der Waals surface area (Å²) in [7, 11) is 1.63. The molecule has 6 nitrogen and oxygen atoms in total. The van der Waals surface area contributed by atoms with Crippen molar-refractivity contribution in [1.82, 2.24) is 4.90 Å². The smallest absolute Gasteiger partial charge is 0.266 e. The van der Waals surface area contributed by atoms with Crippen molar-refractivity contribution in [2.75, 3.05) is 20.3 Å². The van der Waals surface area contributed by atoms with E-state index in [2.05, 4.69) is 53.4 Å². The van der Waals surface area contributed by atoms with E-state index in [1.54, 1.807) is 12.0 Å². The maximum Gasteiger partial charge on any atom is 0.266 e. The number of allylic oxidation sites excluding steroid dienone is 1. The monoisotopic (exact) mass is 654 g/mol. The van der Waals surface area contributed by atoms with Crippen molar-refractivity contribution in [3.05, 3.63) is 98.5 Å². The van der Waals surface area contributed by atoms with Gasteiger partial charge in [-0.3, -0.25) is 9.69 Å². The maximum absolute atomic E-state index is 13.3. The van der Waals surface area contributed by atoms with Gasteiger partial charge < -0.3 is 14.2 Å². The summed E-state index contributed by atoms with van der Waals surface area (Å²) in [6.07, 6.45) is 4.34. The molecule has 0 aromatic heterocycles. The van der Waals surface area contributed by atoms with Crippen molar-refractivity contribution in [1.29, 1.82) is 0 Å². The number of nitrogens with zero attached hydrogens (tertiary/aromatic N) is 2. The van der Waals surface area contributed by atoms with Crippen molar-refractivity contribution in [3.63, 3.8) is 0 Å². The van der Waals surface area contributed by atoms with Gasteiger partial charge in [-0.05, 0) is 120 Å². The zero-order valence-corrected chi connectivity index (χ0v) is 25.3. The maximum atomic E-state index is 13.3. The zero-order chi connectivity index (χ0) is 27.8. The first-order valence-corrected chi connectivity index (χ1v) is 14.6. The van der Waals surface area contributed by atoms with E-state index in [1.807, 2.05) is 62.4 Å². The van der Waals surface area contributed by atoms with E-state index >= 15 is 0 Å². The van der Waals surface area contributed by atoms with Gasteiger partial charge in [0.2, 0.25) is 0 Å². The van der Waals surface area contributed by atoms with Crippen LogP contribution in [0.15, 0.2) is 83.2 Å². The fourth-order valence-electron chi connectivity index (χ4n) is 4.03. The highest BCUT2D eigenvalue weighted by atomic mass is 127. The van der Waals surface area contributed by atoms with E-state index < -0.39 is 0 Å². The first kappa shape index (κ1) is 28.8. The molecule has 0 aliphatic carbocycles. The third kappa shape index (κ3) is 7.24. The van der Waals surface area contributed by atoms with Gasteiger partial charge in [-0.2, -0.15) is 0 Å². The molecule has 0 unspecified atom stereocenters. The highest BCUT2D eigenvalue weighted by Crippen LogP contribution is 2.38. The number of carbonyl (C=O) groups is 1. The summed E-state index contributed by atoms with van der Waals surface area (Å²) in [4.78, 5) is 20.3. The molecule has 1 aliphatic heterocycles. The molecule has 0 saturated carbocycles. The number of rotatable bonds is 11. The fraction of sp³-hybridized carbons (Fsp3) is 0.226. The van der Waals surface area contributed by atoms with Gasteiger partial charge >= 0.3 is 0 Å². The average Bonchev–Trinajstić information content (AvgIpc) is 3.23. The molecule has 39 heavy (non-hydrogen) atoms. The minimum Gasteiger partial charge on any atom is -0.497 e. The topological polar surface area (TPSA) is 60.4 Å². The number of amides is 1. The molecule has 202 valence electrons. The number of aliphatic imine (C=N–C) groups is 1. The molecule has 3 aromatic carbocycles. The number of hydrogen-bond acceptors (Lipinski definition) is 6. The Kier molecular flexibility index (Phi) is 10.1. The second-order valence-electron chi connectivity index (χ2n) is 8.60. The molecular weight excluding hydrogens is 623 g/mol. The van der Waals surface area contributed by atoms with Gasteiger partial charge in [0.25, 0.3) is 5.91 Å². The van der Waals surface area contributed by atoms with E-state index in [9.17, 15) is 4.79 Å². The van der Waals surface area contributed by atoms with E-state index in [4.69, 9.17) is 19.2 Å². The molecule has 0 N–H and O–H groups in total. The number of likely N-dealkylation sites (N-methyl/N-ethyl adjacent to an activating group) is 1. The van der Waals surface area contributed by atoms with Crippen LogP contribution >= 0.6 is 34.4 Å². The van der Waals surface area contributed by atoms with Crippen LogP contribution in [-0.4, -0.2) is 36.2 Å². The molecule has 1 aliphatic rings. The molecule has 1 heterocycles. The van der Waals surface area contributed by atoms with Crippen LogP contribution in [0.2, 0.25) is 0 Å². The molecule has 1 fully saturated rings. The van der Waals surface area contributed by atoms with Gasteiger partial charge in [-0.1, -0.05) is 18.2 Å². The lowest BCUT2D eigenvalue weighted by atomic mass is 10.0. The first-order valence-electron chi connectivity index (χ1n) is 12.7. The van der Waals surface area contributed by atoms with Gasteiger partial charge in [0, 0.05) is 15.7 Å². The average molecular weight is 655 g/mol. The quantitative estimate of drug-likeness (QED) is 0.121. The summed E-state index contributed by atoms with van der Waals surface area (Å²) in [6.45, 7) is 9.25. The van der Waals surface area contributed by atoms with E-state index in [1.165, 1.54) is 15.3 Å². The van der Waals surface area contributed by atoms with E-state index in [0.717, 1.165) is 28.1 Å². The number of benzene rings is 3. The number of ether oxygens (including phenoxy) is 3. The standard InChI is InChI=1S/C31H31IN2O4S/c1-5-8-23-17-22(18-27(37-7-3)29(23)38-20-21-9-11-24(32)12-10-21)19-28-30(35)34(6-2)31(39-28)33-25-13-15-26(36-4)16-14-25/h5,9-19H,1,6-8,20H2,2-4H3/b28-19+,33-31?. The second kappa shape index (κ2) is 13.7. The Morgan fingerprint density at radius 1 is 1.05 bits per heavy atom. The summed E-state index contributed by atoms with van der Waals surface area (Å²) < 4.78 is 18.7. The second-order valence-corrected chi connectivity index (χ2v) is 10.9. The van der Waals surface area contributed by atoms with Crippen molar-refractivity contribution in [3.8, 4) is 17.2 Å². The highest BCUT2D eigenvalue weighted by Gasteiger charge is 2.32. The summed E-state index contributed by atoms with van der Waals surface area (Å²) in [5, 5.41) is 0.646. The fourth-order valence-corrected chi connectivity index (χ4v) is 5.45. The Labute approximate surface area is 247 Å². The van der Waals surface area contributed by atoms with Gasteiger partial charge in [-0.15, -0.1) is 6.58 Å². The lowest BCUT2D eigenvalue weighted by Crippen LogP contribution is -2.28. The van der Waals surface area contributed by atoms with Crippen LogP contribution in [0.25, 0.3) is 6.08 Å². The summed E-state index contributed by atoms with van der Waals surface area (Å²) in [6, 6.07) is 19.6.